The van der Waals surface area contributed by atoms with Gasteiger partial charge in [0.1, 0.15) is 0 Å². The third-order valence-electron chi connectivity index (χ3n) is 2.63. The molecule has 0 bridgehead atoms. The van der Waals surface area contributed by atoms with Crippen LogP contribution in [0.2, 0.25) is 19.6 Å². The number of hydrogen-bond donors (Lipinski definition) is 1. The van der Waals surface area contributed by atoms with Crippen LogP contribution in [0.1, 0.15) is 39.5 Å². The molecule has 0 aliphatic heterocycles. The Morgan fingerprint density at radius 1 is 1.31 bits per heavy atom. The summed E-state index contributed by atoms with van der Waals surface area (Å²) in [7, 11) is -1.58. The zero-order valence-corrected chi connectivity index (χ0v) is 12.5. The van der Waals surface area contributed by atoms with Gasteiger partial charge in [-0.1, -0.05) is 39.7 Å². The smallest absolute Gasteiger partial charge is 0.241 e. The monoisotopic (exact) mass is 244 g/mol. The molecule has 0 spiro atoms. The SMILES string of the molecule is C=C(O[Si](C)(C)C)[C@@H](C)[C@@H](O)CCCCC. The number of aliphatic hydroxyl groups is 1. The third-order valence-corrected chi connectivity index (χ3v) is 3.50. The largest absolute Gasteiger partial charge is 0.547 e. The summed E-state index contributed by atoms with van der Waals surface area (Å²) in [5.74, 6) is 0.798. The van der Waals surface area contributed by atoms with E-state index in [0.29, 0.717) is 0 Å². The Morgan fingerprint density at radius 2 is 1.88 bits per heavy atom. The fraction of sp³-hybridized carbons (Fsp3) is 0.846. The topological polar surface area (TPSA) is 29.5 Å². The summed E-state index contributed by atoms with van der Waals surface area (Å²) in [5, 5.41) is 9.99. The van der Waals surface area contributed by atoms with Gasteiger partial charge in [-0.15, -0.1) is 0 Å². The van der Waals surface area contributed by atoms with Crippen LogP contribution in [-0.2, 0) is 4.43 Å². The van der Waals surface area contributed by atoms with Crippen LogP contribution < -0.4 is 0 Å². The van der Waals surface area contributed by atoms with E-state index in [1.807, 2.05) is 6.92 Å². The van der Waals surface area contributed by atoms with E-state index in [9.17, 15) is 5.11 Å². The van der Waals surface area contributed by atoms with E-state index in [-0.39, 0.29) is 12.0 Å². The maximum atomic E-state index is 9.99. The van der Waals surface area contributed by atoms with Crippen molar-refractivity contribution in [3.8, 4) is 0 Å². The lowest BCUT2D eigenvalue weighted by molar-refractivity contribution is 0.102. The van der Waals surface area contributed by atoms with Crippen LogP contribution in [0, 0.1) is 5.92 Å². The second-order valence-electron chi connectivity index (χ2n) is 5.53. The van der Waals surface area contributed by atoms with Gasteiger partial charge in [0.15, 0.2) is 0 Å². The lowest BCUT2D eigenvalue weighted by Crippen LogP contribution is -2.29. The van der Waals surface area contributed by atoms with Crippen molar-refractivity contribution in [2.24, 2.45) is 5.92 Å². The van der Waals surface area contributed by atoms with Crippen LogP contribution in [0.4, 0.5) is 0 Å². The predicted molar refractivity (Wildman–Crippen MR) is 72.9 cm³/mol. The van der Waals surface area contributed by atoms with Gasteiger partial charge in [-0.05, 0) is 26.1 Å². The molecule has 2 atom stereocenters. The summed E-state index contributed by atoms with van der Waals surface area (Å²) in [5.41, 5.74) is 0. The molecule has 0 saturated heterocycles. The maximum absolute atomic E-state index is 9.99. The first-order valence-electron chi connectivity index (χ1n) is 6.33. The van der Waals surface area contributed by atoms with E-state index < -0.39 is 8.32 Å². The summed E-state index contributed by atoms with van der Waals surface area (Å²) in [6, 6.07) is 0. The molecule has 0 rings (SSSR count). The molecule has 0 fully saturated rings. The highest BCUT2D eigenvalue weighted by molar-refractivity contribution is 6.70. The Balaban J connectivity index is 4.01. The van der Waals surface area contributed by atoms with E-state index >= 15 is 0 Å². The summed E-state index contributed by atoms with van der Waals surface area (Å²) < 4.78 is 5.81. The van der Waals surface area contributed by atoms with Gasteiger partial charge in [0.2, 0.25) is 8.32 Å². The molecule has 96 valence electrons. The van der Waals surface area contributed by atoms with Crippen molar-refractivity contribution in [3.05, 3.63) is 12.3 Å². The van der Waals surface area contributed by atoms with Crippen LogP contribution in [0.5, 0.6) is 0 Å². The lowest BCUT2D eigenvalue weighted by Gasteiger charge is -2.27. The van der Waals surface area contributed by atoms with E-state index in [1.165, 1.54) is 12.8 Å². The van der Waals surface area contributed by atoms with Crippen molar-refractivity contribution in [3.63, 3.8) is 0 Å². The van der Waals surface area contributed by atoms with E-state index in [1.54, 1.807) is 0 Å². The molecule has 0 aromatic rings. The van der Waals surface area contributed by atoms with Crippen LogP contribution >= 0.6 is 0 Å². The van der Waals surface area contributed by atoms with Crippen molar-refractivity contribution in [2.45, 2.75) is 65.3 Å². The zero-order valence-electron chi connectivity index (χ0n) is 11.5. The molecule has 0 unspecified atom stereocenters. The summed E-state index contributed by atoms with van der Waals surface area (Å²) in [6.07, 6.45) is 4.00. The first kappa shape index (κ1) is 15.7. The molecule has 0 heterocycles. The van der Waals surface area contributed by atoms with Gasteiger partial charge >= 0.3 is 0 Å². The quantitative estimate of drug-likeness (QED) is 0.398. The lowest BCUT2D eigenvalue weighted by atomic mass is 9.98. The number of aliphatic hydroxyl groups excluding tert-OH is 1. The first-order chi connectivity index (χ1) is 7.28. The molecule has 0 aliphatic carbocycles. The zero-order chi connectivity index (χ0) is 12.8. The minimum Gasteiger partial charge on any atom is -0.547 e. The standard InChI is InChI=1S/C13H28O2Si/c1-7-8-9-10-13(14)11(2)12(3)15-16(4,5)6/h11,13-14H,3,7-10H2,1-2,4-6H3/t11-,13+/m1/s1. The minimum absolute atomic E-state index is 0.0450. The van der Waals surface area contributed by atoms with Crippen molar-refractivity contribution < 1.29 is 9.53 Å². The number of hydrogen-bond acceptors (Lipinski definition) is 2. The molecule has 3 heteroatoms. The fourth-order valence-electron chi connectivity index (χ4n) is 1.55. The molecule has 1 N–H and O–H groups in total. The molecule has 0 radical (unpaired) electrons. The van der Waals surface area contributed by atoms with Crippen molar-refractivity contribution >= 4 is 8.32 Å². The molecule has 16 heavy (non-hydrogen) atoms. The van der Waals surface area contributed by atoms with Gasteiger partial charge in [0.25, 0.3) is 0 Å². The number of unbranched alkanes of at least 4 members (excludes halogenated alkanes) is 2. The van der Waals surface area contributed by atoms with E-state index in [0.717, 1.165) is 18.6 Å². The van der Waals surface area contributed by atoms with Gasteiger partial charge in [-0.3, -0.25) is 0 Å². The molecule has 0 aromatic heterocycles. The highest BCUT2D eigenvalue weighted by Crippen LogP contribution is 2.22. The Bertz CT molecular complexity index is 208. The molecule has 0 saturated carbocycles. The molecule has 0 aliphatic rings. The van der Waals surface area contributed by atoms with Gasteiger partial charge in [-0.2, -0.15) is 0 Å². The van der Waals surface area contributed by atoms with E-state index in [2.05, 4.69) is 33.1 Å². The molecular formula is C13H28O2Si. The molecular weight excluding hydrogens is 216 g/mol. The number of rotatable bonds is 8. The normalized spacial score (nSPS) is 15.6. The van der Waals surface area contributed by atoms with Gasteiger partial charge in [0, 0.05) is 5.92 Å². The molecule has 0 amide bonds. The summed E-state index contributed by atoms with van der Waals surface area (Å²) in [4.78, 5) is 0. The fourth-order valence-corrected chi connectivity index (χ4v) is 2.53. The van der Waals surface area contributed by atoms with Gasteiger partial charge < -0.3 is 9.53 Å². The second kappa shape index (κ2) is 7.12. The highest BCUT2D eigenvalue weighted by atomic mass is 28.4. The summed E-state index contributed by atoms with van der Waals surface area (Å²) in [6.45, 7) is 14.5. The van der Waals surface area contributed by atoms with Crippen LogP contribution in [0.25, 0.3) is 0 Å². The van der Waals surface area contributed by atoms with Crippen molar-refractivity contribution in [2.75, 3.05) is 0 Å². The van der Waals surface area contributed by atoms with Crippen molar-refractivity contribution in [1.82, 2.24) is 0 Å². The Morgan fingerprint density at radius 3 is 2.31 bits per heavy atom. The predicted octanol–water partition coefficient (Wildman–Crippen LogP) is 3.93. The first-order valence-corrected chi connectivity index (χ1v) is 9.74. The average Bonchev–Trinajstić information content (AvgIpc) is 2.14. The van der Waals surface area contributed by atoms with Crippen LogP contribution in [-0.4, -0.2) is 19.5 Å². The second-order valence-corrected chi connectivity index (χ2v) is 9.96. The van der Waals surface area contributed by atoms with Gasteiger partial charge in [-0.25, -0.2) is 0 Å². The van der Waals surface area contributed by atoms with Crippen LogP contribution in [0.15, 0.2) is 12.3 Å². The minimum atomic E-state index is -1.58. The molecule has 2 nitrogen and oxygen atoms in total. The van der Waals surface area contributed by atoms with Gasteiger partial charge in [0.05, 0.1) is 11.9 Å². The third kappa shape index (κ3) is 7.07. The van der Waals surface area contributed by atoms with E-state index in [4.69, 9.17) is 4.43 Å². The average molecular weight is 244 g/mol. The van der Waals surface area contributed by atoms with Crippen molar-refractivity contribution in [1.29, 1.82) is 0 Å². The van der Waals surface area contributed by atoms with Crippen LogP contribution in [0.3, 0.4) is 0 Å². The Kier molecular flexibility index (Phi) is 7.00. The Hall–Kier alpha value is -0.283. The molecule has 0 aromatic carbocycles. The maximum Gasteiger partial charge on any atom is 0.241 e. The highest BCUT2D eigenvalue weighted by Gasteiger charge is 2.23. The Labute approximate surface area is 102 Å². The summed E-state index contributed by atoms with van der Waals surface area (Å²) >= 11 is 0.